The molecule has 0 bridgehead atoms. The molecule has 1 aliphatic rings. The molecule has 1 atom stereocenters. The molecule has 0 saturated heterocycles. The van der Waals surface area contributed by atoms with Gasteiger partial charge in [-0.3, -0.25) is 4.99 Å². The van der Waals surface area contributed by atoms with Crippen molar-refractivity contribution in [1.82, 2.24) is 10.2 Å². The summed E-state index contributed by atoms with van der Waals surface area (Å²) in [5, 5.41) is 3.18. The largest absolute Gasteiger partial charge is 0.370 e. The Labute approximate surface area is 92.9 Å². The van der Waals surface area contributed by atoms with Crippen LogP contribution >= 0.6 is 0 Å². The van der Waals surface area contributed by atoms with Crippen LogP contribution in [-0.4, -0.2) is 43.1 Å². The SMILES string of the molecule is CCC(C)N(C)CCN=C(N)NC1CC1. The molecule has 1 rings (SSSR count). The third kappa shape index (κ3) is 5.02. The lowest BCUT2D eigenvalue weighted by Gasteiger charge is -2.22. The summed E-state index contributed by atoms with van der Waals surface area (Å²) in [4.78, 5) is 6.62. The molecule has 0 aromatic rings. The van der Waals surface area contributed by atoms with Gasteiger partial charge in [0.25, 0.3) is 0 Å². The van der Waals surface area contributed by atoms with Crippen molar-refractivity contribution in [1.29, 1.82) is 0 Å². The van der Waals surface area contributed by atoms with E-state index in [2.05, 4.69) is 36.1 Å². The predicted molar refractivity (Wildman–Crippen MR) is 65.0 cm³/mol. The molecular formula is C11H24N4. The van der Waals surface area contributed by atoms with Gasteiger partial charge in [-0.15, -0.1) is 0 Å². The molecular weight excluding hydrogens is 188 g/mol. The molecule has 15 heavy (non-hydrogen) atoms. The zero-order valence-electron chi connectivity index (χ0n) is 10.2. The van der Waals surface area contributed by atoms with E-state index >= 15 is 0 Å². The highest BCUT2D eigenvalue weighted by molar-refractivity contribution is 5.78. The van der Waals surface area contributed by atoms with Crippen LogP contribution in [0.2, 0.25) is 0 Å². The number of hydrogen-bond donors (Lipinski definition) is 2. The smallest absolute Gasteiger partial charge is 0.188 e. The van der Waals surface area contributed by atoms with Crippen LogP contribution in [0.5, 0.6) is 0 Å². The molecule has 0 aromatic carbocycles. The van der Waals surface area contributed by atoms with E-state index < -0.39 is 0 Å². The molecule has 1 saturated carbocycles. The number of guanidine groups is 1. The van der Waals surface area contributed by atoms with Gasteiger partial charge in [0, 0.05) is 18.6 Å². The van der Waals surface area contributed by atoms with Crippen molar-refractivity contribution in [2.24, 2.45) is 10.7 Å². The zero-order chi connectivity index (χ0) is 11.3. The Kier molecular flexibility index (Phi) is 4.88. The molecule has 1 fully saturated rings. The summed E-state index contributed by atoms with van der Waals surface area (Å²) >= 11 is 0. The number of nitrogens with zero attached hydrogens (tertiary/aromatic N) is 2. The summed E-state index contributed by atoms with van der Waals surface area (Å²) in [5.41, 5.74) is 5.73. The second-order valence-electron chi connectivity index (χ2n) is 4.42. The number of nitrogens with one attached hydrogen (secondary N) is 1. The maximum atomic E-state index is 5.73. The molecule has 0 aromatic heterocycles. The van der Waals surface area contributed by atoms with Crippen molar-refractivity contribution in [3.05, 3.63) is 0 Å². The van der Waals surface area contributed by atoms with Gasteiger partial charge in [0.1, 0.15) is 0 Å². The van der Waals surface area contributed by atoms with E-state index in [-0.39, 0.29) is 0 Å². The molecule has 0 amide bonds. The first-order valence-corrected chi connectivity index (χ1v) is 5.90. The highest BCUT2D eigenvalue weighted by atomic mass is 15.2. The summed E-state index contributed by atoms with van der Waals surface area (Å²) in [5.74, 6) is 0.607. The minimum atomic E-state index is 0.598. The summed E-state index contributed by atoms with van der Waals surface area (Å²) in [7, 11) is 2.13. The Morgan fingerprint density at radius 1 is 1.60 bits per heavy atom. The fourth-order valence-electron chi connectivity index (χ4n) is 1.34. The van der Waals surface area contributed by atoms with Crippen molar-refractivity contribution < 1.29 is 0 Å². The summed E-state index contributed by atoms with van der Waals surface area (Å²) in [6.45, 7) is 6.19. The Balaban J connectivity index is 2.12. The normalized spacial score (nSPS) is 19.3. The Hall–Kier alpha value is -0.770. The van der Waals surface area contributed by atoms with E-state index in [1.165, 1.54) is 19.3 Å². The molecule has 0 heterocycles. The minimum absolute atomic E-state index is 0.598. The molecule has 0 aliphatic heterocycles. The lowest BCUT2D eigenvalue weighted by molar-refractivity contribution is 0.259. The molecule has 0 spiro atoms. The lowest BCUT2D eigenvalue weighted by atomic mass is 10.2. The monoisotopic (exact) mass is 212 g/mol. The van der Waals surface area contributed by atoms with Gasteiger partial charge in [-0.05, 0) is 33.2 Å². The molecule has 3 N–H and O–H groups in total. The van der Waals surface area contributed by atoms with E-state index in [0.29, 0.717) is 18.0 Å². The molecule has 1 unspecified atom stereocenters. The van der Waals surface area contributed by atoms with Crippen LogP contribution < -0.4 is 11.1 Å². The Morgan fingerprint density at radius 2 is 2.27 bits per heavy atom. The summed E-state index contributed by atoms with van der Waals surface area (Å²) < 4.78 is 0. The van der Waals surface area contributed by atoms with Gasteiger partial charge in [-0.1, -0.05) is 6.92 Å². The van der Waals surface area contributed by atoms with Crippen molar-refractivity contribution in [3.63, 3.8) is 0 Å². The average Bonchev–Trinajstić information content (AvgIpc) is 3.00. The quantitative estimate of drug-likeness (QED) is 0.505. The van der Waals surface area contributed by atoms with E-state index in [0.717, 1.165) is 13.1 Å². The lowest BCUT2D eigenvalue weighted by Crippen LogP contribution is -2.35. The van der Waals surface area contributed by atoms with Crippen LogP contribution in [0.4, 0.5) is 0 Å². The maximum Gasteiger partial charge on any atom is 0.188 e. The number of rotatable bonds is 6. The topological polar surface area (TPSA) is 53.6 Å². The highest BCUT2D eigenvalue weighted by Gasteiger charge is 2.21. The van der Waals surface area contributed by atoms with Crippen molar-refractivity contribution >= 4 is 5.96 Å². The fraction of sp³-hybridized carbons (Fsp3) is 0.909. The van der Waals surface area contributed by atoms with Gasteiger partial charge in [0.2, 0.25) is 0 Å². The van der Waals surface area contributed by atoms with Gasteiger partial charge >= 0.3 is 0 Å². The van der Waals surface area contributed by atoms with Gasteiger partial charge in [0.15, 0.2) is 5.96 Å². The second-order valence-corrected chi connectivity index (χ2v) is 4.42. The van der Waals surface area contributed by atoms with Crippen LogP contribution in [0, 0.1) is 0 Å². The molecule has 4 nitrogen and oxygen atoms in total. The molecule has 0 radical (unpaired) electrons. The van der Waals surface area contributed by atoms with Gasteiger partial charge in [-0.2, -0.15) is 0 Å². The van der Waals surface area contributed by atoms with Gasteiger partial charge in [0.05, 0.1) is 6.54 Å². The van der Waals surface area contributed by atoms with E-state index in [1.54, 1.807) is 0 Å². The summed E-state index contributed by atoms with van der Waals surface area (Å²) in [6, 6.07) is 1.22. The van der Waals surface area contributed by atoms with Crippen LogP contribution in [0.1, 0.15) is 33.1 Å². The van der Waals surface area contributed by atoms with Crippen LogP contribution in [0.15, 0.2) is 4.99 Å². The standard InChI is InChI=1S/C11H24N4/c1-4-9(2)15(3)8-7-13-11(12)14-10-5-6-10/h9-10H,4-8H2,1-3H3,(H3,12,13,14). The van der Waals surface area contributed by atoms with Gasteiger partial charge < -0.3 is 16.0 Å². The first-order chi connectivity index (χ1) is 7.13. The maximum absolute atomic E-state index is 5.73. The van der Waals surface area contributed by atoms with E-state index in [9.17, 15) is 0 Å². The second kappa shape index (κ2) is 5.95. The van der Waals surface area contributed by atoms with Crippen molar-refractivity contribution in [3.8, 4) is 0 Å². The number of likely N-dealkylation sites (N-methyl/N-ethyl adjacent to an activating group) is 1. The third-order valence-corrected chi connectivity index (χ3v) is 3.01. The zero-order valence-corrected chi connectivity index (χ0v) is 10.2. The first-order valence-electron chi connectivity index (χ1n) is 5.90. The predicted octanol–water partition coefficient (Wildman–Crippen LogP) is 0.783. The molecule has 4 heteroatoms. The first kappa shape index (κ1) is 12.3. The van der Waals surface area contributed by atoms with Crippen molar-refractivity contribution in [2.75, 3.05) is 20.1 Å². The number of aliphatic imine (C=N–C) groups is 1. The Morgan fingerprint density at radius 3 is 2.80 bits per heavy atom. The van der Waals surface area contributed by atoms with E-state index in [1.807, 2.05) is 0 Å². The van der Waals surface area contributed by atoms with Crippen LogP contribution in [0.25, 0.3) is 0 Å². The number of nitrogens with two attached hydrogens (primary N) is 1. The fourth-order valence-corrected chi connectivity index (χ4v) is 1.34. The third-order valence-electron chi connectivity index (χ3n) is 3.01. The highest BCUT2D eigenvalue weighted by Crippen LogP contribution is 2.17. The molecule has 88 valence electrons. The van der Waals surface area contributed by atoms with Crippen LogP contribution in [0.3, 0.4) is 0 Å². The van der Waals surface area contributed by atoms with Gasteiger partial charge in [-0.25, -0.2) is 0 Å². The Bertz CT molecular complexity index is 211. The van der Waals surface area contributed by atoms with E-state index in [4.69, 9.17) is 5.73 Å². The summed E-state index contributed by atoms with van der Waals surface area (Å²) in [6.07, 6.45) is 3.65. The minimum Gasteiger partial charge on any atom is -0.370 e. The average molecular weight is 212 g/mol. The molecule has 1 aliphatic carbocycles. The number of hydrogen-bond acceptors (Lipinski definition) is 2. The van der Waals surface area contributed by atoms with Crippen LogP contribution in [-0.2, 0) is 0 Å². The van der Waals surface area contributed by atoms with Crippen molar-refractivity contribution in [2.45, 2.75) is 45.2 Å².